The summed E-state index contributed by atoms with van der Waals surface area (Å²) in [5, 5.41) is 6.32. The summed E-state index contributed by atoms with van der Waals surface area (Å²) in [4.78, 5) is 39.0. The molecule has 10 nitrogen and oxygen atoms in total. The number of nitrogens with zero attached hydrogens (tertiary/aromatic N) is 4. The molecule has 1 aromatic heterocycles. The highest BCUT2D eigenvalue weighted by atomic mass is 16.5. The zero-order valence-electron chi connectivity index (χ0n) is 21.1. The first-order valence-electron chi connectivity index (χ1n) is 12.5. The van der Waals surface area contributed by atoms with Gasteiger partial charge >= 0.3 is 0 Å². The van der Waals surface area contributed by atoms with Crippen LogP contribution in [-0.2, 0) is 16.0 Å². The molecule has 3 N–H and O–H groups in total. The van der Waals surface area contributed by atoms with E-state index in [1.807, 2.05) is 56.6 Å². The first-order valence-corrected chi connectivity index (χ1v) is 12.5. The van der Waals surface area contributed by atoms with Gasteiger partial charge in [-0.2, -0.15) is 4.99 Å². The average Bonchev–Trinajstić information content (AvgIpc) is 3.38. The summed E-state index contributed by atoms with van der Waals surface area (Å²) in [6, 6.07) is 11.7. The van der Waals surface area contributed by atoms with Crippen LogP contribution in [0.25, 0.3) is 0 Å². The molecule has 4 heterocycles. The number of aromatic nitrogens is 1. The number of benzene rings is 1. The molecule has 2 aromatic rings. The van der Waals surface area contributed by atoms with Crippen molar-refractivity contribution in [2.45, 2.75) is 26.3 Å². The highest BCUT2D eigenvalue weighted by Crippen LogP contribution is 2.20. The van der Waals surface area contributed by atoms with Gasteiger partial charge in [-0.25, -0.2) is 9.88 Å². The van der Waals surface area contributed by atoms with E-state index in [9.17, 15) is 9.59 Å². The van der Waals surface area contributed by atoms with Crippen molar-refractivity contribution in [2.75, 3.05) is 43.2 Å². The number of rotatable bonds is 7. The van der Waals surface area contributed by atoms with Crippen molar-refractivity contribution in [1.82, 2.24) is 15.2 Å². The van der Waals surface area contributed by atoms with Gasteiger partial charge in [-0.15, -0.1) is 0 Å². The van der Waals surface area contributed by atoms with Gasteiger partial charge in [0.25, 0.3) is 11.7 Å². The predicted octanol–water partition coefficient (Wildman–Crippen LogP) is 1.12. The predicted molar refractivity (Wildman–Crippen MR) is 141 cm³/mol. The van der Waals surface area contributed by atoms with Crippen LogP contribution in [0.1, 0.15) is 29.8 Å². The SMILES string of the molecule is CC(C)NC(=O)Cc1cccc(N2C=C(Nc3ccc(C(=O)N4CCOCC4)cn3)C3=NC=C[NH+]3C2)c1. The standard InChI is InChI=1S/C27H31N7O3/c1-19(2)30-25(35)15-20-4-3-5-22(14-20)34-17-23(26-28-8-9-33(26)18-34)31-24-7-6-21(16-29-24)27(36)32-10-12-37-13-11-32/h3-9,14,16-17,19H,10-13,15,18H2,1-2H3,(H,29,31)(H,30,35)/p+1. The van der Waals surface area contributed by atoms with Gasteiger partial charge in [0.05, 0.1) is 31.4 Å². The number of hydrogen-bond donors (Lipinski definition) is 3. The van der Waals surface area contributed by atoms with Gasteiger partial charge in [0.2, 0.25) is 5.91 Å². The van der Waals surface area contributed by atoms with Crippen LogP contribution >= 0.6 is 0 Å². The second-order valence-corrected chi connectivity index (χ2v) is 9.52. The van der Waals surface area contributed by atoms with Crippen LogP contribution in [0.15, 0.2) is 71.9 Å². The molecular formula is C27H32N7O3+. The molecule has 37 heavy (non-hydrogen) atoms. The van der Waals surface area contributed by atoms with Crippen molar-refractivity contribution in [3.63, 3.8) is 0 Å². The summed E-state index contributed by atoms with van der Waals surface area (Å²) in [5.74, 6) is 1.47. The largest absolute Gasteiger partial charge is 0.378 e. The van der Waals surface area contributed by atoms with Crippen molar-refractivity contribution >= 4 is 29.2 Å². The molecule has 3 aliphatic rings. The van der Waals surface area contributed by atoms with Crippen molar-refractivity contribution in [2.24, 2.45) is 4.99 Å². The van der Waals surface area contributed by atoms with E-state index in [2.05, 4.69) is 25.5 Å². The number of carbonyl (C=O) groups excluding carboxylic acids is 2. The Morgan fingerprint density at radius 2 is 2.00 bits per heavy atom. The number of morpholine rings is 1. The van der Waals surface area contributed by atoms with Gasteiger partial charge in [0.15, 0.2) is 6.67 Å². The number of amidine groups is 1. The highest BCUT2D eigenvalue weighted by molar-refractivity contribution is 5.97. The van der Waals surface area contributed by atoms with E-state index in [-0.39, 0.29) is 17.9 Å². The number of quaternary nitrogens is 1. The molecule has 0 aliphatic carbocycles. The number of pyridine rings is 1. The van der Waals surface area contributed by atoms with Crippen LogP contribution in [-0.4, -0.2) is 66.5 Å². The summed E-state index contributed by atoms with van der Waals surface area (Å²) in [6.07, 6.45) is 7.75. The summed E-state index contributed by atoms with van der Waals surface area (Å²) in [7, 11) is 0. The number of hydrogen-bond acceptors (Lipinski definition) is 7. The maximum absolute atomic E-state index is 12.7. The van der Waals surface area contributed by atoms with E-state index in [1.54, 1.807) is 23.4 Å². The molecule has 0 bridgehead atoms. The molecule has 3 aliphatic heterocycles. The fourth-order valence-corrected chi connectivity index (χ4v) is 4.52. The monoisotopic (exact) mass is 502 g/mol. The third-order valence-electron chi connectivity index (χ3n) is 6.29. The number of fused-ring (bicyclic) bond motifs is 1. The summed E-state index contributed by atoms with van der Waals surface area (Å²) in [6.45, 7) is 6.89. The van der Waals surface area contributed by atoms with Crippen molar-refractivity contribution in [3.8, 4) is 0 Å². The van der Waals surface area contributed by atoms with E-state index in [4.69, 9.17) is 4.74 Å². The van der Waals surface area contributed by atoms with E-state index >= 15 is 0 Å². The Kier molecular flexibility index (Phi) is 7.29. The topological polar surface area (TPSA) is 104 Å². The van der Waals surface area contributed by atoms with Crippen molar-refractivity contribution in [3.05, 3.63) is 78.0 Å². The second kappa shape index (κ2) is 10.9. The van der Waals surface area contributed by atoms with Gasteiger partial charge in [-0.3, -0.25) is 14.5 Å². The van der Waals surface area contributed by atoms with Crippen LogP contribution in [0.4, 0.5) is 11.5 Å². The van der Waals surface area contributed by atoms with Crippen LogP contribution in [0, 0.1) is 0 Å². The summed E-state index contributed by atoms with van der Waals surface area (Å²) in [5.41, 5.74) is 3.30. The van der Waals surface area contributed by atoms with E-state index in [0.29, 0.717) is 50.8 Å². The maximum atomic E-state index is 12.7. The van der Waals surface area contributed by atoms with Crippen LogP contribution in [0.2, 0.25) is 0 Å². The molecule has 2 amide bonds. The normalized spacial score (nSPS) is 18.8. The van der Waals surface area contributed by atoms with E-state index in [0.717, 1.165) is 27.7 Å². The number of amides is 2. The van der Waals surface area contributed by atoms with Crippen LogP contribution in [0.5, 0.6) is 0 Å². The quantitative estimate of drug-likeness (QED) is 0.525. The minimum atomic E-state index is -0.0349. The smallest absolute Gasteiger partial charge is 0.257 e. The molecule has 1 atom stereocenters. The third-order valence-corrected chi connectivity index (χ3v) is 6.29. The molecule has 1 fully saturated rings. The lowest BCUT2D eigenvalue weighted by atomic mass is 10.1. The molecule has 0 radical (unpaired) electrons. The van der Waals surface area contributed by atoms with Gasteiger partial charge in [0.1, 0.15) is 17.7 Å². The average molecular weight is 503 g/mol. The molecule has 0 saturated carbocycles. The maximum Gasteiger partial charge on any atom is 0.257 e. The van der Waals surface area contributed by atoms with Crippen LogP contribution in [0.3, 0.4) is 0 Å². The molecular weight excluding hydrogens is 470 g/mol. The minimum absolute atomic E-state index is 0.00726. The van der Waals surface area contributed by atoms with Gasteiger partial charge in [0, 0.05) is 37.2 Å². The first-order chi connectivity index (χ1) is 18.0. The fraction of sp³-hybridized carbons (Fsp3) is 0.333. The molecule has 1 saturated heterocycles. The van der Waals surface area contributed by atoms with Crippen molar-refractivity contribution < 1.29 is 19.2 Å². The minimum Gasteiger partial charge on any atom is -0.378 e. The summed E-state index contributed by atoms with van der Waals surface area (Å²) >= 11 is 0. The molecule has 10 heteroatoms. The number of carbonyl (C=O) groups is 2. The highest BCUT2D eigenvalue weighted by Gasteiger charge is 2.31. The second-order valence-electron chi connectivity index (χ2n) is 9.52. The number of ether oxygens (including phenoxy) is 1. The lowest BCUT2D eigenvalue weighted by Crippen LogP contribution is -3.12. The number of nitrogens with one attached hydrogen (secondary N) is 3. The Hall–Kier alpha value is -4.02. The molecule has 192 valence electrons. The van der Waals surface area contributed by atoms with Gasteiger partial charge in [-0.05, 0) is 43.7 Å². The third kappa shape index (κ3) is 5.87. The Bertz CT molecular complexity index is 1250. The zero-order chi connectivity index (χ0) is 25.8. The Morgan fingerprint density at radius 3 is 2.76 bits per heavy atom. The first kappa shape index (κ1) is 24.7. The molecule has 5 rings (SSSR count). The Morgan fingerprint density at radius 1 is 1.16 bits per heavy atom. The van der Waals surface area contributed by atoms with Crippen LogP contribution < -0.4 is 20.4 Å². The summed E-state index contributed by atoms with van der Waals surface area (Å²) < 4.78 is 5.34. The molecule has 1 aromatic carbocycles. The number of anilines is 2. The van der Waals surface area contributed by atoms with E-state index < -0.39 is 0 Å². The lowest BCUT2D eigenvalue weighted by Gasteiger charge is -2.30. The van der Waals surface area contributed by atoms with Crippen molar-refractivity contribution in [1.29, 1.82) is 0 Å². The number of aliphatic imine (C=N–C) groups is 1. The molecule has 0 spiro atoms. The van der Waals surface area contributed by atoms with Gasteiger partial charge < -0.3 is 20.3 Å². The Balaban J connectivity index is 1.32. The fourth-order valence-electron chi connectivity index (χ4n) is 4.52. The lowest BCUT2D eigenvalue weighted by molar-refractivity contribution is -0.743. The zero-order valence-corrected chi connectivity index (χ0v) is 21.1. The molecule has 1 unspecified atom stereocenters. The van der Waals surface area contributed by atoms with Gasteiger partial charge in [-0.1, -0.05) is 12.1 Å². The Labute approximate surface area is 216 Å². The van der Waals surface area contributed by atoms with E-state index in [1.165, 1.54) is 0 Å².